The van der Waals surface area contributed by atoms with E-state index in [4.69, 9.17) is 6.42 Å². The van der Waals surface area contributed by atoms with Crippen molar-refractivity contribution in [1.29, 1.82) is 0 Å². The first-order valence-electron chi connectivity index (χ1n) is 5.48. The van der Waals surface area contributed by atoms with Gasteiger partial charge in [-0.05, 0) is 5.54 Å². The van der Waals surface area contributed by atoms with Crippen LogP contribution in [0.15, 0.2) is 0 Å². The fourth-order valence-electron chi connectivity index (χ4n) is 1.67. The van der Waals surface area contributed by atoms with Crippen LogP contribution in [0.5, 0.6) is 0 Å². The van der Waals surface area contributed by atoms with Crippen LogP contribution in [0.2, 0.25) is 24.7 Å². The molecule has 0 bridgehead atoms. The Morgan fingerprint density at radius 2 is 1.86 bits per heavy atom. The quantitative estimate of drug-likeness (QED) is 0.437. The molecule has 0 spiro atoms. The van der Waals surface area contributed by atoms with E-state index in [9.17, 15) is 0 Å². The van der Waals surface area contributed by atoms with Gasteiger partial charge in [0.15, 0.2) is 0 Å². The molecule has 0 radical (unpaired) electrons. The largest absolute Gasteiger partial charge is 0.412 e. The van der Waals surface area contributed by atoms with Gasteiger partial charge in [0.05, 0.1) is 8.07 Å². The number of rotatable bonds is 0. The lowest BCUT2D eigenvalue weighted by Gasteiger charge is -2.34. The topological polar surface area (TPSA) is 31.5 Å². The van der Waals surface area contributed by atoms with Crippen LogP contribution in [-0.4, -0.2) is 13.6 Å². The van der Waals surface area contributed by atoms with Crippen LogP contribution < -0.4 is 0 Å². The molecule has 0 aromatic carbocycles. The van der Waals surface area contributed by atoms with Gasteiger partial charge in [0.2, 0.25) is 0 Å². The summed E-state index contributed by atoms with van der Waals surface area (Å²) in [7, 11) is -0.694. The van der Waals surface area contributed by atoms with Crippen LogP contribution in [0.25, 0.3) is 0 Å². The summed E-state index contributed by atoms with van der Waals surface area (Å²) in [6.07, 6.45) is 10.2. The zero-order chi connectivity index (χ0) is 10.3. The summed E-state index contributed by atoms with van der Waals surface area (Å²) in [5.74, 6) is 2.43. The summed E-state index contributed by atoms with van der Waals surface area (Å²) < 4.78 is 0. The molecule has 1 nitrogen and oxygen atoms in total. The highest BCUT2D eigenvalue weighted by atomic mass is 28.3. The van der Waals surface area contributed by atoms with Gasteiger partial charge in [-0.15, -0.1) is 12.3 Å². The van der Waals surface area contributed by atoms with Crippen LogP contribution in [0, 0.1) is 12.3 Å². The highest BCUT2D eigenvalue weighted by molar-refractivity contribution is 6.78. The van der Waals surface area contributed by atoms with Crippen molar-refractivity contribution in [3.63, 3.8) is 0 Å². The van der Waals surface area contributed by atoms with Gasteiger partial charge < -0.3 is 5.48 Å². The first-order valence-corrected chi connectivity index (χ1v) is 8.76. The van der Waals surface area contributed by atoms with Crippen molar-refractivity contribution in [3.8, 4) is 12.3 Å². The number of hydrogen-bond donors (Lipinski definition) is 0. The molecule has 0 amide bonds. The predicted molar refractivity (Wildman–Crippen MR) is 68.3 cm³/mol. The van der Waals surface area contributed by atoms with E-state index >= 15 is 0 Å². The Morgan fingerprint density at radius 1 is 1.36 bits per heavy atom. The summed E-state index contributed by atoms with van der Waals surface area (Å²) in [5.41, 5.74) is 1.09. The van der Waals surface area contributed by atoms with Gasteiger partial charge in [-0.25, -0.2) is 0 Å². The fourth-order valence-corrected chi connectivity index (χ4v) is 4.31. The van der Waals surface area contributed by atoms with Crippen molar-refractivity contribution < 1.29 is 5.48 Å². The maximum absolute atomic E-state index is 4.78. The zero-order valence-corrected chi connectivity index (χ0v) is 11.2. The van der Waals surface area contributed by atoms with E-state index in [1.807, 2.05) is 6.92 Å². The molecule has 0 saturated carbocycles. The normalized spacial score (nSPS) is 23.5. The molecule has 1 aliphatic heterocycles. The first-order chi connectivity index (χ1) is 6.04. The summed E-state index contributed by atoms with van der Waals surface area (Å²) >= 11 is 0. The molecule has 0 aromatic rings. The van der Waals surface area contributed by atoms with Gasteiger partial charge in [0, 0.05) is 6.42 Å². The lowest BCUT2D eigenvalue weighted by molar-refractivity contribution is 0.635. The van der Waals surface area contributed by atoms with Crippen LogP contribution in [-0.2, 0) is 0 Å². The predicted octanol–water partition coefficient (Wildman–Crippen LogP) is 3.47. The van der Waals surface area contributed by atoms with Crippen LogP contribution in [0.4, 0.5) is 0 Å². The molecule has 2 N–H and O–H groups in total. The van der Waals surface area contributed by atoms with E-state index in [-0.39, 0.29) is 5.48 Å². The van der Waals surface area contributed by atoms with E-state index in [0.717, 1.165) is 12.0 Å². The van der Waals surface area contributed by atoms with Crippen LogP contribution in [0.1, 0.15) is 39.5 Å². The van der Waals surface area contributed by atoms with Gasteiger partial charge in [0.25, 0.3) is 0 Å². The van der Waals surface area contributed by atoms with Crippen LogP contribution in [0.3, 0.4) is 0 Å². The molecule has 0 aromatic heterocycles. The summed E-state index contributed by atoms with van der Waals surface area (Å²) in [5, 5.41) is 0. The monoisotopic (exact) mass is 214 g/mol. The smallest absolute Gasteiger partial charge is 0.0502 e. The van der Waals surface area contributed by atoms with E-state index < -0.39 is 8.07 Å². The minimum absolute atomic E-state index is 0. The second kappa shape index (κ2) is 8.08. The Morgan fingerprint density at radius 3 is 2.07 bits per heavy atom. The molecule has 2 heteroatoms. The third kappa shape index (κ3) is 6.23. The maximum Gasteiger partial charge on any atom is 0.0502 e. The van der Waals surface area contributed by atoms with Crippen molar-refractivity contribution >= 4 is 8.07 Å². The molecule has 14 heavy (non-hydrogen) atoms. The summed E-state index contributed by atoms with van der Waals surface area (Å²) in [6, 6.07) is 1.58. The fraction of sp³-hybridized carbons (Fsp3) is 0.833. The molecular weight excluding hydrogens is 188 g/mol. The molecule has 1 atom stereocenters. The maximum atomic E-state index is 4.78. The first kappa shape index (κ1) is 16.2. The van der Waals surface area contributed by atoms with Crippen molar-refractivity contribution in [2.24, 2.45) is 0 Å². The molecule has 1 heterocycles. The van der Waals surface area contributed by atoms with E-state index in [2.05, 4.69) is 25.9 Å². The van der Waals surface area contributed by atoms with Crippen molar-refractivity contribution in [1.82, 2.24) is 0 Å². The molecule has 1 fully saturated rings. The molecule has 1 unspecified atom stereocenters. The van der Waals surface area contributed by atoms with Crippen molar-refractivity contribution in [3.05, 3.63) is 0 Å². The highest BCUT2D eigenvalue weighted by Crippen LogP contribution is 2.36. The van der Waals surface area contributed by atoms with Crippen LogP contribution >= 0.6 is 0 Å². The average molecular weight is 214 g/mol. The van der Waals surface area contributed by atoms with Gasteiger partial charge >= 0.3 is 0 Å². The second-order valence-electron chi connectivity index (χ2n) is 4.69. The van der Waals surface area contributed by atoms with Gasteiger partial charge in [-0.2, -0.15) is 0 Å². The lowest BCUT2D eigenvalue weighted by Crippen LogP contribution is -2.33. The highest BCUT2D eigenvalue weighted by Gasteiger charge is 2.30. The standard InChI is InChI=1S/C8H18Si.C4H6.H2O/c1-8-6-4-5-7-9(8,2)3;1-3-4-2;/h8H,4-7H2,1-3H3;1H,4H2,2H3;1H2. The Balaban J connectivity index is 0. The number of hydrogen-bond acceptors (Lipinski definition) is 0. The zero-order valence-electron chi connectivity index (χ0n) is 10.2. The van der Waals surface area contributed by atoms with E-state index in [0.29, 0.717) is 0 Å². The Hall–Kier alpha value is -0.263. The SMILES string of the molecule is C#CCC.CC1CCCC[Si]1(C)C.O. The summed E-state index contributed by atoms with van der Waals surface area (Å²) in [6.45, 7) is 9.47. The van der Waals surface area contributed by atoms with Gasteiger partial charge in [-0.3, -0.25) is 0 Å². The average Bonchev–Trinajstić information content (AvgIpc) is 2.11. The Kier molecular flexibility index (Phi) is 9.34. The van der Waals surface area contributed by atoms with Gasteiger partial charge in [-0.1, -0.05) is 52.2 Å². The molecule has 0 aliphatic carbocycles. The number of terminal acetylenes is 1. The molecule has 84 valence electrons. The third-order valence-corrected chi connectivity index (χ3v) is 7.85. The lowest BCUT2D eigenvalue weighted by atomic mass is 10.2. The minimum atomic E-state index is -0.694. The molecular formula is C12H26OSi. The Bertz CT molecular complexity index is 170. The summed E-state index contributed by atoms with van der Waals surface area (Å²) in [4.78, 5) is 0. The third-order valence-electron chi connectivity index (χ3n) is 3.25. The second-order valence-corrected chi connectivity index (χ2v) is 10.2. The van der Waals surface area contributed by atoms with Crippen molar-refractivity contribution in [2.45, 2.75) is 64.2 Å². The van der Waals surface area contributed by atoms with Crippen molar-refractivity contribution in [2.75, 3.05) is 0 Å². The molecule has 1 aliphatic rings. The van der Waals surface area contributed by atoms with E-state index in [1.54, 1.807) is 6.04 Å². The van der Waals surface area contributed by atoms with E-state index in [1.165, 1.54) is 19.3 Å². The molecule has 1 saturated heterocycles. The molecule has 1 rings (SSSR count). The minimum Gasteiger partial charge on any atom is -0.412 e. The Labute approximate surface area is 90.6 Å². The van der Waals surface area contributed by atoms with Gasteiger partial charge in [0.1, 0.15) is 0 Å².